The molecule has 0 fully saturated rings. The van der Waals surface area contributed by atoms with Crippen LogP contribution in [-0.2, 0) is 13.0 Å². The monoisotopic (exact) mass is 403 g/mol. The van der Waals surface area contributed by atoms with Crippen molar-refractivity contribution in [2.75, 3.05) is 14.2 Å². The molecule has 0 amide bonds. The highest BCUT2D eigenvalue weighted by atomic mass is 16.5. The van der Waals surface area contributed by atoms with Gasteiger partial charge in [0.15, 0.2) is 17.1 Å². The van der Waals surface area contributed by atoms with Crippen molar-refractivity contribution >= 4 is 17.1 Å². The summed E-state index contributed by atoms with van der Waals surface area (Å²) in [4.78, 5) is 20.4. The summed E-state index contributed by atoms with van der Waals surface area (Å²) in [5.41, 5.74) is 4.35. The molecule has 30 heavy (non-hydrogen) atoms. The molecule has 0 saturated carbocycles. The molecule has 0 radical (unpaired) electrons. The topological polar surface area (TPSA) is 86.5 Å². The lowest BCUT2D eigenvalue weighted by Crippen LogP contribution is -2.02. The number of carboxylic acid groups (broad SMARTS) is 1. The Bertz CT molecular complexity index is 1220. The quantitative estimate of drug-likeness (QED) is 0.501. The molecule has 0 aliphatic carbocycles. The van der Waals surface area contributed by atoms with E-state index in [-0.39, 0.29) is 5.56 Å². The van der Waals surface area contributed by atoms with Crippen LogP contribution in [0.5, 0.6) is 11.5 Å². The van der Waals surface area contributed by atoms with Crippen LogP contribution in [0.25, 0.3) is 22.4 Å². The van der Waals surface area contributed by atoms with E-state index in [1.54, 1.807) is 38.7 Å². The molecule has 7 heteroatoms. The van der Waals surface area contributed by atoms with Gasteiger partial charge in [0.2, 0.25) is 0 Å². The van der Waals surface area contributed by atoms with Gasteiger partial charge >= 0.3 is 5.97 Å². The van der Waals surface area contributed by atoms with Crippen molar-refractivity contribution in [3.05, 3.63) is 72.1 Å². The van der Waals surface area contributed by atoms with Gasteiger partial charge in [0, 0.05) is 12.1 Å². The molecule has 1 N–H and O–H groups in total. The van der Waals surface area contributed by atoms with Gasteiger partial charge in [0.25, 0.3) is 0 Å². The Morgan fingerprint density at radius 1 is 1.03 bits per heavy atom. The number of benzene rings is 2. The van der Waals surface area contributed by atoms with Crippen molar-refractivity contribution in [2.45, 2.75) is 13.0 Å². The number of aryl methyl sites for hydroxylation is 2. The largest absolute Gasteiger partial charge is 0.493 e. The SMILES string of the molecule is COc1ccc(CCn2cnc3ccc(-c4cccc(C(=O)O)c4)nc32)cc1OC. The molecule has 0 unspecified atom stereocenters. The predicted octanol–water partition coefficient (Wildman–Crippen LogP) is 4.06. The summed E-state index contributed by atoms with van der Waals surface area (Å²) < 4.78 is 12.7. The second-order valence-corrected chi connectivity index (χ2v) is 6.80. The molecule has 152 valence electrons. The number of aromatic nitrogens is 3. The Hall–Kier alpha value is -3.87. The maximum Gasteiger partial charge on any atom is 0.335 e. The average molecular weight is 403 g/mol. The highest BCUT2D eigenvalue weighted by Crippen LogP contribution is 2.28. The minimum atomic E-state index is -0.960. The average Bonchev–Trinajstić information content (AvgIpc) is 3.19. The Balaban J connectivity index is 1.61. The fourth-order valence-corrected chi connectivity index (χ4v) is 3.36. The molecule has 2 aromatic heterocycles. The molecule has 2 aromatic carbocycles. The maximum absolute atomic E-state index is 11.3. The van der Waals surface area contributed by atoms with Crippen LogP contribution in [0.3, 0.4) is 0 Å². The second-order valence-electron chi connectivity index (χ2n) is 6.80. The third-order valence-corrected chi connectivity index (χ3v) is 4.96. The lowest BCUT2D eigenvalue weighted by Gasteiger charge is -2.10. The molecule has 0 saturated heterocycles. The molecule has 2 heterocycles. The number of hydrogen-bond donors (Lipinski definition) is 1. The van der Waals surface area contributed by atoms with Crippen LogP contribution in [0, 0.1) is 0 Å². The fourth-order valence-electron chi connectivity index (χ4n) is 3.36. The standard InChI is InChI=1S/C23H21N3O4/c1-29-20-9-6-15(12-21(20)30-2)10-11-26-14-24-19-8-7-18(25-22(19)26)16-4-3-5-17(13-16)23(27)28/h3-9,12-14H,10-11H2,1-2H3,(H,27,28). The fraction of sp³-hybridized carbons (Fsp3) is 0.174. The van der Waals surface area contributed by atoms with Crippen LogP contribution >= 0.6 is 0 Å². The number of ether oxygens (including phenoxy) is 2. The molecule has 0 aliphatic rings. The van der Waals surface area contributed by atoms with Crippen LogP contribution in [0.1, 0.15) is 15.9 Å². The predicted molar refractivity (Wildman–Crippen MR) is 113 cm³/mol. The van der Waals surface area contributed by atoms with Gasteiger partial charge in [0.1, 0.15) is 5.52 Å². The lowest BCUT2D eigenvalue weighted by molar-refractivity contribution is 0.0697. The molecule has 7 nitrogen and oxygen atoms in total. The van der Waals surface area contributed by atoms with Crippen LogP contribution in [-0.4, -0.2) is 39.8 Å². The van der Waals surface area contributed by atoms with Gasteiger partial charge in [-0.1, -0.05) is 18.2 Å². The van der Waals surface area contributed by atoms with E-state index in [9.17, 15) is 9.90 Å². The molecule has 0 atom stereocenters. The van der Waals surface area contributed by atoms with E-state index < -0.39 is 5.97 Å². The molecular formula is C23H21N3O4. The van der Waals surface area contributed by atoms with Crippen LogP contribution in [0.4, 0.5) is 0 Å². The Morgan fingerprint density at radius 3 is 2.63 bits per heavy atom. The van der Waals surface area contributed by atoms with E-state index >= 15 is 0 Å². The Labute approximate surface area is 173 Å². The number of aromatic carboxylic acids is 1. The van der Waals surface area contributed by atoms with E-state index in [4.69, 9.17) is 14.5 Å². The third-order valence-electron chi connectivity index (χ3n) is 4.96. The van der Waals surface area contributed by atoms with Crippen LogP contribution in [0.2, 0.25) is 0 Å². The van der Waals surface area contributed by atoms with Gasteiger partial charge < -0.3 is 19.1 Å². The highest BCUT2D eigenvalue weighted by Gasteiger charge is 2.10. The number of pyridine rings is 1. The zero-order chi connectivity index (χ0) is 21.1. The van der Waals surface area contributed by atoms with Crippen molar-refractivity contribution in [1.82, 2.24) is 14.5 Å². The minimum absolute atomic E-state index is 0.233. The van der Waals surface area contributed by atoms with Gasteiger partial charge in [-0.2, -0.15) is 0 Å². The second kappa shape index (κ2) is 8.24. The number of imidazole rings is 1. The molecule has 4 rings (SSSR count). The number of carboxylic acids is 1. The summed E-state index contributed by atoms with van der Waals surface area (Å²) in [7, 11) is 3.24. The first-order chi connectivity index (χ1) is 14.6. The Kier molecular flexibility index (Phi) is 5.34. The summed E-state index contributed by atoms with van der Waals surface area (Å²) >= 11 is 0. The minimum Gasteiger partial charge on any atom is -0.493 e. The number of methoxy groups -OCH3 is 2. The zero-order valence-corrected chi connectivity index (χ0v) is 16.7. The van der Waals surface area contributed by atoms with Gasteiger partial charge in [0.05, 0.1) is 31.8 Å². The number of rotatable bonds is 7. The van der Waals surface area contributed by atoms with E-state index in [0.717, 1.165) is 28.7 Å². The van der Waals surface area contributed by atoms with E-state index in [2.05, 4.69) is 4.98 Å². The first-order valence-electron chi connectivity index (χ1n) is 9.45. The van der Waals surface area contributed by atoms with Crippen LogP contribution < -0.4 is 9.47 Å². The van der Waals surface area contributed by atoms with E-state index in [1.807, 2.05) is 41.0 Å². The summed E-state index contributed by atoms with van der Waals surface area (Å²) in [5.74, 6) is 0.436. The van der Waals surface area contributed by atoms with E-state index in [0.29, 0.717) is 23.7 Å². The van der Waals surface area contributed by atoms with Gasteiger partial charge in [-0.15, -0.1) is 0 Å². The molecule has 0 spiro atoms. The number of fused-ring (bicyclic) bond motifs is 1. The highest BCUT2D eigenvalue weighted by molar-refractivity contribution is 5.89. The smallest absolute Gasteiger partial charge is 0.335 e. The maximum atomic E-state index is 11.3. The summed E-state index contributed by atoms with van der Waals surface area (Å²) in [6.45, 7) is 0.692. The summed E-state index contributed by atoms with van der Waals surface area (Å²) in [5, 5.41) is 9.24. The first kappa shape index (κ1) is 19.4. The lowest BCUT2D eigenvalue weighted by atomic mass is 10.1. The van der Waals surface area contributed by atoms with Crippen molar-refractivity contribution in [3.8, 4) is 22.8 Å². The first-order valence-corrected chi connectivity index (χ1v) is 9.45. The van der Waals surface area contributed by atoms with Gasteiger partial charge in [-0.25, -0.2) is 14.8 Å². The summed E-state index contributed by atoms with van der Waals surface area (Å²) in [6, 6.07) is 16.4. The number of hydrogen-bond acceptors (Lipinski definition) is 5. The molecule has 4 aromatic rings. The van der Waals surface area contributed by atoms with E-state index in [1.165, 1.54) is 0 Å². The van der Waals surface area contributed by atoms with Crippen molar-refractivity contribution in [1.29, 1.82) is 0 Å². The molecule has 0 bridgehead atoms. The zero-order valence-electron chi connectivity index (χ0n) is 16.7. The van der Waals surface area contributed by atoms with Crippen molar-refractivity contribution < 1.29 is 19.4 Å². The third kappa shape index (κ3) is 3.82. The number of carbonyl (C=O) groups is 1. The van der Waals surface area contributed by atoms with Crippen LogP contribution in [0.15, 0.2) is 60.9 Å². The molecular weight excluding hydrogens is 382 g/mol. The molecule has 0 aliphatic heterocycles. The van der Waals surface area contributed by atoms with Crippen molar-refractivity contribution in [2.24, 2.45) is 0 Å². The van der Waals surface area contributed by atoms with Gasteiger partial charge in [-0.05, 0) is 48.4 Å². The summed E-state index contributed by atoms with van der Waals surface area (Å²) in [6.07, 6.45) is 2.54. The number of nitrogens with zero attached hydrogens (tertiary/aromatic N) is 3. The van der Waals surface area contributed by atoms with Crippen molar-refractivity contribution in [3.63, 3.8) is 0 Å². The normalized spacial score (nSPS) is 10.9. The Morgan fingerprint density at radius 2 is 1.87 bits per heavy atom. The van der Waals surface area contributed by atoms with Gasteiger partial charge in [-0.3, -0.25) is 0 Å².